The van der Waals surface area contributed by atoms with Gasteiger partial charge in [0.05, 0.1) is 5.69 Å². The zero-order valence-electron chi connectivity index (χ0n) is 11.1. The summed E-state index contributed by atoms with van der Waals surface area (Å²) in [5.74, 6) is 0. The van der Waals surface area contributed by atoms with Gasteiger partial charge in [-0.25, -0.2) is 0 Å². The van der Waals surface area contributed by atoms with E-state index in [1.807, 2.05) is 17.9 Å². The Kier molecular flexibility index (Phi) is 2.67. The van der Waals surface area contributed by atoms with Gasteiger partial charge in [-0.3, -0.25) is 9.67 Å². The number of pyridine rings is 1. The molecule has 2 aromatic rings. The standard InChI is InChI=1S/C14H18N4/c1-9-14(10(2)18(3)17-9)12-6-11-7-15-5-4-13(11)16-8-12/h6,8,15H,4-5,7H2,1-3H3. The second-order valence-corrected chi connectivity index (χ2v) is 4.93. The molecule has 0 amide bonds. The predicted molar refractivity (Wildman–Crippen MR) is 71.3 cm³/mol. The zero-order valence-corrected chi connectivity index (χ0v) is 11.1. The second-order valence-electron chi connectivity index (χ2n) is 4.93. The van der Waals surface area contributed by atoms with E-state index >= 15 is 0 Å². The molecule has 0 bridgehead atoms. The van der Waals surface area contributed by atoms with Crippen LogP contribution in [0.5, 0.6) is 0 Å². The van der Waals surface area contributed by atoms with Crippen LogP contribution >= 0.6 is 0 Å². The molecule has 1 aliphatic rings. The molecule has 0 saturated carbocycles. The molecule has 4 heteroatoms. The maximum Gasteiger partial charge on any atom is 0.0675 e. The molecule has 0 atom stereocenters. The summed E-state index contributed by atoms with van der Waals surface area (Å²) in [5.41, 5.74) is 7.22. The van der Waals surface area contributed by atoms with Gasteiger partial charge in [0.2, 0.25) is 0 Å². The first kappa shape index (κ1) is 11.4. The maximum atomic E-state index is 4.61. The van der Waals surface area contributed by atoms with Crippen LogP contribution in [0.4, 0.5) is 0 Å². The molecule has 0 unspecified atom stereocenters. The third-order valence-electron chi connectivity index (χ3n) is 3.71. The Morgan fingerprint density at radius 1 is 1.33 bits per heavy atom. The third kappa shape index (κ3) is 1.73. The molecule has 2 aromatic heterocycles. The molecule has 4 nitrogen and oxygen atoms in total. The fraction of sp³-hybridized carbons (Fsp3) is 0.429. The molecule has 3 rings (SSSR count). The number of rotatable bonds is 1. The Bertz CT molecular complexity index is 598. The number of hydrogen-bond donors (Lipinski definition) is 1. The van der Waals surface area contributed by atoms with Crippen molar-refractivity contribution in [2.75, 3.05) is 6.54 Å². The molecule has 94 valence electrons. The lowest BCUT2D eigenvalue weighted by molar-refractivity contribution is 0.630. The number of nitrogens with zero attached hydrogens (tertiary/aromatic N) is 3. The average Bonchev–Trinajstić information content (AvgIpc) is 2.63. The molecule has 18 heavy (non-hydrogen) atoms. The molecular weight excluding hydrogens is 224 g/mol. The van der Waals surface area contributed by atoms with Crippen LogP contribution in [-0.4, -0.2) is 21.3 Å². The van der Waals surface area contributed by atoms with Gasteiger partial charge in [-0.2, -0.15) is 5.10 Å². The summed E-state index contributed by atoms with van der Waals surface area (Å²) >= 11 is 0. The van der Waals surface area contributed by atoms with Gasteiger partial charge in [-0.1, -0.05) is 0 Å². The molecular formula is C14H18N4. The van der Waals surface area contributed by atoms with Crippen molar-refractivity contribution in [3.63, 3.8) is 0 Å². The Morgan fingerprint density at radius 2 is 2.17 bits per heavy atom. The van der Waals surface area contributed by atoms with E-state index in [4.69, 9.17) is 0 Å². The normalized spacial score (nSPS) is 14.6. The minimum absolute atomic E-state index is 0.925. The minimum Gasteiger partial charge on any atom is -0.312 e. The maximum absolute atomic E-state index is 4.61. The van der Waals surface area contributed by atoms with Crippen molar-refractivity contribution >= 4 is 0 Å². The monoisotopic (exact) mass is 242 g/mol. The van der Waals surface area contributed by atoms with Gasteiger partial charge in [-0.15, -0.1) is 0 Å². The predicted octanol–water partition coefficient (Wildman–Crippen LogP) is 1.74. The van der Waals surface area contributed by atoms with Crippen molar-refractivity contribution in [3.05, 3.63) is 34.9 Å². The third-order valence-corrected chi connectivity index (χ3v) is 3.71. The first-order chi connectivity index (χ1) is 8.66. The summed E-state index contributed by atoms with van der Waals surface area (Å²) in [4.78, 5) is 4.61. The first-order valence-electron chi connectivity index (χ1n) is 6.36. The van der Waals surface area contributed by atoms with E-state index in [9.17, 15) is 0 Å². The number of aromatic nitrogens is 3. The van der Waals surface area contributed by atoms with Crippen molar-refractivity contribution < 1.29 is 0 Å². The smallest absolute Gasteiger partial charge is 0.0675 e. The molecule has 3 heterocycles. The molecule has 1 N–H and O–H groups in total. The van der Waals surface area contributed by atoms with Crippen LogP contribution < -0.4 is 5.32 Å². The Morgan fingerprint density at radius 3 is 2.89 bits per heavy atom. The summed E-state index contributed by atoms with van der Waals surface area (Å²) in [6.07, 6.45) is 3.02. The van der Waals surface area contributed by atoms with E-state index < -0.39 is 0 Å². The number of fused-ring (bicyclic) bond motifs is 1. The highest BCUT2D eigenvalue weighted by molar-refractivity contribution is 5.68. The molecule has 1 aliphatic heterocycles. The summed E-state index contributed by atoms with van der Waals surface area (Å²) in [6.45, 7) is 6.12. The molecule has 0 aliphatic carbocycles. The fourth-order valence-corrected chi connectivity index (χ4v) is 2.67. The van der Waals surface area contributed by atoms with E-state index in [1.54, 1.807) is 0 Å². The molecule has 0 fully saturated rings. The van der Waals surface area contributed by atoms with Crippen LogP contribution in [0.2, 0.25) is 0 Å². The van der Waals surface area contributed by atoms with Crippen molar-refractivity contribution in [1.82, 2.24) is 20.1 Å². The minimum atomic E-state index is 0.925. The van der Waals surface area contributed by atoms with Gasteiger partial charge in [0.15, 0.2) is 0 Å². The lowest BCUT2D eigenvalue weighted by Crippen LogP contribution is -2.24. The highest BCUT2D eigenvalue weighted by atomic mass is 15.3. The van der Waals surface area contributed by atoms with Crippen LogP contribution in [0, 0.1) is 13.8 Å². The van der Waals surface area contributed by atoms with Crippen LogP contribution in [-0.2, 0) is 20.0 Å². The summed E-state index contributed by atoms with van der Waals surface area (Å²) in [7, 11) is 1.99. The van der Waals surface area contributed by atoms with E-state index in [2.05, 4.69) is 35.3 Å². The fourth-order valence-electron chi connectivity index (χ4n) is 2.67. The molecule has 0 radical (unpaired) electrons. The van der Waals surface area contributed by atoms with E-state index in [-0.39, 0.29) is 0 Å². The van der Waals surface area contributed by atoms with Gasteiger partial charge in [0.1, 0.15) is 0 Å². The lowest BCUT2D eigenvalue weighted by atomic mass is 10.00. The average molecular weight is 242 g/mol. The van der Waals surface area contributed by atoms with Crippen LogP contribution in [0.15, 0.2) is 12.3 Å². The van der Waals surface area contributed by atoms with Gasteiger partial charge in [0, 0.05) is 55.3 Å². The van der Waals surface area contributed by atoms with E-state index in [0.29, 0.717) is 0 Å². The Hall–Kier alpha value is -1.68. The van der Waals surface area contributed by atoms with Gasteiger partial charge < -0.3 is 5.32 Å². The van der Waals surface area contributed by atoms with E-state index in [1.165, 1.54) is 28.1 Å². The largest absolute Gasteiger partial charge is 0.312 e. The Labute approximate surface area is 107 Å². The number of hydrogen-bond acceptors (Lipinski definition) is 3. The highest BCUT2D eigenvalue weighted by Crippen LogP contribution is 2.27. The summed E-state index contributed by atoms with van der Waals surface area (Å²) in [5, 5.41) is 7.87. The first-order valence-corrected chi connectivity index (χ1v) is 6.36. The lowest BCUT2D eigenvalue weighted by Gasteiger charge is -2.16. The zero-order chi connectivity index (χ0) is 12.7. The van der Waals surface area contributed by atoms with Crippen LogP contribution in [0.1, 0.15) is 22.6 Å². The van der Waals surface area contributed by atoms with Gasteiger partial charge in [0.25, 0.3) is 0 Å². The molecule has 0 aromatic carbocycles. The highest BCUT2D eigenvalue weighted by Gasteiger charge is 2.15. The quantitative estimate of drug-likeness (QED) is 0.828. The van der Waals surface area contributed by atoms with Gasteiger partial charge >= 0.3 is 0 Å². The van der Waals surface area contributed by atoms with Crippen LogP contribution in [0.25, 0.3) is 11.1 Å². The summed E-state index contributed by atoms with van der Waals surface area (Å²) in [6, 6.07) is 2.26. The number of nitrogens with one attached hydrogen (secondary N) is 1. The molecule has 0 saturated heterocycles. The van der Waals surface area contributed by atoms with Crippen LogP contribution in [0.3, 0.4) is 0 Å². The SMILES string of the molecule is Cc1nn(C)c(C)c1-c1cnc2c(c1)CNCC2. The van der Waals surface area contributed by atoms with Crippen molar-refractivity contribution in [2.45, 2.75) is 26.8 Å². The molecule has 0 spiro atoms. The van der Waals surface area contributed by atoms with Gasteiger partial charge in [-0.05, 0) is 25.5 Å². The van der Waals surface area contributed by atoms with Crippen molar-refractivity contribution in [1.29, 1.82) is 0 Å². The second kappa shape index (κ2) is 4.21. The summed E-state index contributed by atoms with van der Waals surface area (Å²) < 4.78 is 1.93. The Balaban J connectivity index is 2.12. The van der Waals surface area contributed by atoms with E-state index in [0.717, 1.165) is 25.2 Å². The van der Waals surface area contributed by atoms with Crippen molar-refractivity contribution in [2.24, 2.45) is 7.05 Å². The topological polar surface area (TPSA) is 42.7 Å². The number of aryl methyl sites for hydroxylation is 2. The van der Waals surface area contributed by atoms with Crippen molar-refractivity contribution in [3.8, 4) is 11.1 Å².